The molecule has 0 radical (unpaired) electrons. The third-order valence-electron chi connectivity index (χ3n) is 4.10. The van der Waals surface area contributed by atoms with Crippen molar-refractivity contribution < 1.29 is 18.7 Å². The number of ether oxygens (including phenoxy) is 1. The number of amides is 2. The van der Waals surface area contributed by atoms with Gasteiger partial charge in [0.1, 0.15) is 5.82 Å². The van der Waals surface area contributed by atoms with E-state index in [9.17, 15) is 14.0 Å². The maximum absolute atomic E-state index is 13.7. The lowest BCUT2D eigenvalue weighted by molar-refractivity contribution is -0.115. The number of hydrogen-bond acceptors (Lipinski definition) is 3. The van der Waals surface area contributed by atoms with Crippen molar-refractivity contribution in [3.8, 4) is 11.1 Å². The maximum atomic E-state index is 13.7. The molecule has 28 heavy (non-hydrogen) atoms. The zero-order chi connectivity index (χ0) is 19.9. The van der Waals surface area contributed by atoms with Gasteiger partial charge in [-0.15, -0.1) is 0 Å². The molecule has 0 spiro atoms. The first-order valence-electron chi connectivity index (χ1n) is 8.64. The average molecular weight is 378 g/mol. The van der Waals surface area contributed by atoms with Crippen LogP contribution in [0.25, 0.3) is 11.1 Å². The molecule has 3 aromatic rings. The Morgan fingerprint density at radius 1 is 0.893 bits per heavy atom. The van der Waals surface area contributed by atoms with Crippen LogP contribution in [0.15, 0.2) is 72.8 Å². The van der Waals surface area contributed by atoms with E-state index in [2.05, 4.69) is 15.4 Å². The van der Waals surface area contributed by atoms with Crippen LogP contribution in [-0.4, -0.2) is 19.1 Å². The molecule has 0 aliphatic heterocycles. The van der Waals surface area contributed by atoms with Gasteiger partial charge in [-0.05, 0) is 34.9 Å². The molecular weight excluding hydrogens is 359 g/mol. The third kappa shape index (κ3) is 4.94. The second-order valence-corrected chi connectivity index (χ2v) is 6.10. The molecule has 3 aromatic carbocycles. The van der Waals surface area contributed by atoms with Crippen LogP contribution in [0.1, 0.15) is 5.56 Å². The summed E-state index contributed by atoms with van der Waals surface area (Å²) in [6.45, 7) is 0. The molecule has 2 amide bonds. The van der Waals surface area contributed by atoms with Crippen molar-refractivity contribution in [2.75, 3.05) is 17.7 Å². The first-order chi connectivity index (χ1) is 13.5. The van der Waals surface area contributed by atoms with E-state index in [0.29, 0.717) is 5.69 Å². The van der Waals surface area contributed by atoms with Crippen LogP contribution in [-0.2, 0) is 16.0 Å². The van der Waals surface area contributed by atoms with Gasteiger partial charge in [0.15, 0.2) is 0 Å². The highest BCUT2D eigenvalue weighted by molar-refractivity contribution is 5.93. The summed E-state index contributed by atoms with van der Waals surface area (Å²) < 4.78 is 18.2. The Balaban J connectivity index is 1.64. The Bertz CT molecular complexity index is 973. The highest BCUT2D eigenvalue weighted by Gasteiger charge is 2.10. The number of rotatable bonds is 5. The van der Waals surface area contributed by atoms with Gasteiger partial charge in [0.2, 0.25) is 5.91 Å². The Morgan fingerprint density at radius 3 is 2.25 bits per heavy atom. The summed E-state index contributed by atoms with van der Waals surface area (Å²) in [5.41, 5.74) is 3.33. The van der Waals surface area contributed by atoms with Gasteiger partial charge in [-0.2, -0.15) is 0 Å². The largest absolute Gasteiger partial charge is 0.453 e. The lowest BCUT2D eigenvalue weighted by Gasteiger charge is -2.10. The number of anilines is 2. The first-order valence-corrected chi connectivity index (χ1v) is 8.64. The molecule has 0 unspecified atom stereocenters. The van der Waals surface area contributed by atoms with Gasteiger partial charge in [0.05, 0.1) is 19.2 Å². The third-order valence-corrected chi connectivity index (χ3v) is 4.10. The van der Waals surface area contributed by atoms with E-state index >= 15 is 0 Å². The minimum atomic E-state index is -0.791. The standard InChI is InChI=1S/C22H19FN2O3/c1-28-22(27)25-20-14-18(11-12-19(20)23)24-21(26)13-15-7-9-17(10-8-15)16-5-3-2-4-6-16/h2-12,14H,13H2,1H3,(H,24,26)(H,25,27). The van der Waals surface area contributed by atoms with Crippen LogP contribution in [0, 0.1) is 5.82 Å². The van der Waals surface area contributed by atoms with E-state index in [4.69, 9.17) is 0 Å². The van der Waals surface area contributed by atoms with Crippen LogP contribution in [0.2, 0.25) is 0 Å². The highest BCUT2D eigenvalue weighted by atomic mass is 19.1. The monoisotopic (exact) mass is 378 g/mol. The number of carbonyl (C=O) groups is 2. The molecule has 0 aliphatic carbocycles. The second kappa shape index (κ2) is 8.81. The predicted molar refractivity (Wildman–Crippen MR) is 107 cm³/mol. The van der Waals surface area contributed by atoms with Crippen molar-refractivity contribution >= 4 is 23.4 Å². The van der Waals surface area contributed by atoms with E-state index in [-0.39, 0.29) is 18.0 Å². The molecule has 0 aliphatic rings. The SMILES string of the molecule is COC(=O)Nc1cc(NC(=O)Cc2ccc(-c3ccccc3)cc2)ccc1F. The summed E-state index contributed by atoms with van der Waals surface area (Å²) in [6.07, 6.45) is -0.618. The molecule has 2 N–H and O–H groups in total. The zero-order valence-corrected chi connectivity index (χ0v) is 15.2. The molecule has 0 heterocycles. The highest BCUT2D eigenvalue weighted by Crippen LogP contribution is 2.21. The second-order valence-electron chi connectivity index (χ2n) is 6.10. The quantitative estimate of drug-likeness (QED) is 0.667. The molecule has 3 rings (SSSR count). The van der Waals surface area contributed by atoms with Crippen molar-refractivity contribution in [3.05, 3.63) is 84.2 Å². The van der Waals surface area contributed by atoms with Gasteiger partial charge < -0.3 is 10.1 Å². The zero-order valence-electron chi connectivity index (χ0n) is 15.2. The molecule has 0 bridgehead atoms. The first kappa shape index (κ1) is 19.1. The Hall–Kier alpha value is -3.67. The summed E-state index contributed by atoms with van der Waals surface area (Å²) in [7, 11) is 1.18. The molecule has 0 fully saturated rings. The number of benzene rings is 3. The fourth-order valence-corrected chi connectivity index (χ4v) is 2.70. The van der Waals surface area contributed by atoms with Crippen LogP contribution in [0.4, 0.5) is 20.6 Å². The van der Waals surface area contributed by atoms with Crippen molar-refractivity contribution in [1.82, 2.24) is 0 Å². The molecule has 6 heteroatoms. The van der Waals surface area contributed by atoms with E-state index in [1.807, 2.05) is 54.6 Å². The molecule has 0 saturated heterocycles. The number of halogens is 1. The molecule has 0 atom stereocenters. The van der Waals surface area contributed by atoms with Gasteiger partial charge in [0, 0.05) is 5.69 Å². The number of nitrogens with one attached hydrogen (secondary N) is 2. The molecule has 142 valence electrons. The summed E-state index contributed by atoms with van der Waals surface area (Å²) in [4.78, 5) is 23.5. The van der Waals surface area contributed by atoms with Crippen molar-refractivity contribution in [3.63, 3.8) is 0 Å². The Kier molecular flexibility index (Phi) is 6.01. The predicted octanol–water partition coefficient (Wildman–Crippen LogP) is 4.85. The van der Waals surface area contributed by atoms with E-state index in [0.717, 1.165) is 22.8 Å². The molecular formula is C22H19FN2O3. The summed E-state index contributed by atoms with van der Waals surface area (Å²) in [5, 5.41) is 4.96. The average Bonchev–Trinajstić information content (AvgIpc) is 2.71. The lowest BCUT2D eigenvalue weighted by atomic mass is 10.0. The molecule has 0 saturated carbocycles. The lowest BCUT2D eigenvalue weighted by Crippen LogP contribution is -2.16. The van der Waals surface area contributed by atoms with E-state index < -0.39 is 11.9 Å². The van der Waals surface area contributed by atoms with Crippen molar-refractivity contribution in [1.29, 1.82) is 0 Å². The van der Waals surface area contributed by atoms with Gasteiger partial charge in [-0.1, -0.05) is 54.6 Å². The van der Waals surface area contributed by atoms with Crippen LogP contribution in [0.3, 0.4) is 0 Å². The Labute approximate surface area is 162 Å². The maximum Gasteiger partial charge on any atom is 0.411 e. The fraction of sp³-hybridized carbons (Fsp3) is 0.0909. The number of hydrogen-bond donors (Lipinski definition) is 2. The molecule has 5 nitrogen and oxygen atoms in total. The van der Waals surface area contributed by atoms with Crippen molar-refractivity contribution in [2.45, 2.75) is 6.42 Å². The van der Waals surface area contributed by atoms with E-state index in [1.54, 1.807) is 0 Å². The molecule has 0 aromatic heterocycles. The van der Waals surface area contributed by atoms with Gasteiger partial charge >= 0.3 is 6.09 Å². The summed E-state index contributed by atoms with van der Waals surface area (Å²) in [6, 6.07) is 21.6. The van der Waals surface area contributed by atoms with Gasteiger partial charge in [-0.25, -0.2) is 9.18 Å². The normalized spacial score (nSPS) is 10.2. The van der Waals surface area contributed by atoms with Crippen LogP contribution < -0.4 is 10.6 Å². The summed E-state index contributed by atoms with van der Waals surface area (Å²) >= 11 is 0. The topological polar surface area (TPSA) is 67.4 Å². The smallest absolute Gasteiger partial charge is 0.411 e. The van der Waals surface area contributed by atoms with Crippen LogP contribution in [0.5, 0.6) is 0 Å². The number of methoxy groups -OCH3 is 1. The summed E-state index contributed by atoms with van der Waals surface area (Å²) in [5.74, 6) is -0.872. The van der Waals surface area contributed by atoms with Gasteiger partial charge in [0.25, 0.3) is 0 Å². The minimum Gasteiger partial charge on any atom is -0.453 e. The number of carbonyl (C=O) groups excluding carboxylic acids is 2. The van der Waals surface area contributed by atoms with E-state index in [1.165, 1.54) is 19.2 Å². The fourth-order valence-electron chi connectivity index (χ4n) is 2.70. The van der Waals surface area contributed by atoms with Crippen molar-refractivity contribution in [2.24, 2.45) is 0 Å². The Morgan fingerprint density at radius 2 is 1.57 bits per heavy atom. The van der Waals surface area contributed by atoms with Gasteiger partial charge in [-0.3, -0.25) is 10.1 Å². The minimum absolute atomic E-state index is 0.0723. The van der Waals surface area contributed by atoms with Crippen LogP contribution >= 0.6 is 0 Å².